The highest BCUT2D eigenvalue weighted by Crippen LogP contribution is 2.37. The fourth-order valence-corrected chi connectivity index (χ4v) is 2.84. The summed E-state index contributed by atoms with van der Waals surface area (Å²) in [5.74, 6) is 1.03. The Bertz CT molecular complexity index is 551. The Hall–Kier alpha value is -1.81. The van der Waals surface area contributed by atoms with Crippen molar-refractivity contribution < 1.29 is 9.84 Å². The summed E-state index contributed by atoms with van der Waals surface area (Å²) in [6.07, 6.45) is 5.95. The maximum Gasteiger partial charge on any atom is 0.119 e. The number of nitrogens with zero attached hydrogens (tertiary/aromatic N) is 1. The van der Waals surface area contributed by atoms with Gasteiger partial charge in [0.05, 0.1) is 25.2 Å². The molecule has 1 aromatic carbocycles. The van der Waals surface area contributed by atoms with Crippen LogP contribution in [0.5, 0.6) is 5.75 Å². The highest BCUT2D eigenvalue weighted by molar-refractivity contribution is 5.39. The lowest BCUT2D eigenvalue weighted by Gasteiger charge is -2.30. The lowest BCUT2D eigenvalue weighted by atomic mass is 9.79. The van der Waals surface area contributed by atoms with Crippen molar-refractivity contribution in [1.29, 1.82) is 0 Å². The van der Waals surface area contributed by atoms with Crippen molar-refractivity contribution in [3.8, 4) is 5.75 Å². The number of aliphatic hydroxyl groups is 1. The zero-order valence-corrected chi connectivity index (χ0v) is 11.0. The quantitative estimate of drug-likeness (QED) is 0.887. The molecule has 1 aromatic heterocycles. The van der Waals surface area contributed by atoms with Gasteiger partial charge in [-0.05, 0) is 48.4 Å². The zero-order valence-electron chi connectivity index (χ0n) is 11.0. The number of H-pyrrole nitrogens is 1. The third-order valence-electron chi connectivity index (χ3n) is 3.93. The Morgan fingerprint density at radius 1 is 1.47 bits per heavy atom. The standard InChI is InChI=1S/C15H18N2O2/c1-19-13-5-4-10-2-3-11(15(18)14(10)7-13)6-12-8-16-9-17-12/h4-5,7-9,11,15,18H,2-3,6H2,1H3,(H,16,17). The van der Waals surface area contributed by atoms with Crippen molar-refractivity contribution in [3.63, 3.8) is 0 Å². The minimum absolute atomic E-state index is 0.225. The van der Waals surface area contributed by atoms with E-state index in [0.29, 0.717) is 0 Å². The first-order chi connectivity index (χ1) is 9.28. The molecule has 0 amide bonds. The van der Waals surface area contributed by atoms with Gasteiger partial charge < -0.3 is 14.8 Å². The number of benzene rings is 1. The van der Waals surface area contributed by atoms with Crippen LogP contribution in [0.25, 0.3) is 0 Å². The van der Waals surface area contributed by atoms with E-state index in [9.17, 15) is 5.11 Å². The third-order valence-corrected chi connectivity index (χ3v) is 3.93. The molecule has 2 atom stereocenters. The van der Waals surface area contributed by atoms with Gasteiger partial charge in [0.25, 0.3) is 0 Å². The predicted molar refractivity (Wildman–Crippen MR) is 72.1 cm³/mol. The summed E-state index contributed by atoms with van der Waals surface area (Å²) >= 11 is 0. The molecule has 100 valence electrons. The van der Waals surface area contributed by atoms with E-state index in [1.54, 1.807) is 13.4 Å². The van der Waals surface area contributed by atoms with Gasteiger partial charge in [0.1, 0.15) is 5.75 Å². The van der Waals surface area contributed by atoms with Gasteiger partial charge in [0, 0.05) is 6.20 Å². The Labute approximate surface area is 112 Å². The van der Waals surface area contributed by atoms with Crippen molar-refractivity contribution in [2.24, 2.45) is 5.92 Å². The molecule has 3 rings (SSSR count). The second-order valence-electron chi connectivity index (χ2n) is 5.07. The van der Waals surface area contributed by atoms with Crippen LogP contribution in [0.15, 0.2) is 30.7 Å². The summed E-state index contributed by atoms with van der Waals surface area (Å²) in [6.45, 7) is 0. The molecule has 1 heterocycles. The number of ether oxygens (including phenoxy) is 1. The first-order valence-electron chi connectivity index (χ1n) is 6.60. The van der Waals surface area contributed by atoms with Gasteiger partial charge in [0.2, 0.25) is 0 Å². The van der Waals surface area contributed by atoms with Crippen molar-refractivity contribution in [2.45, 2.75) is 25.4 Å². The van der Waals surface area contributed by atoms with Crippen LogP contribution in [0.4, 0.5) is 0 Å². The van der Waals surface area contributed by atoms with Gasteiger partial charge in [-0.15, -0.1) is 0 Å². The SMILES string of the molecule is COc1ccc2c(c1)C(O)C(Cc1c[nH]cn1)CC2. The summed E-state index contributed by atoms with van der Waals surface area (Å²) in [6, 6.07) is 5.97. The highest BCUT2D eigenvalue weighted by Gasteiger charge is 2.28. The lowest BCUT2D eigenvalue weighted by molar-refractivity contribution is 0.0929. The Balaban J connectivity index is 1.84. The minimum atomic E-state index is -0.435. The monoisotopic (exact) mass is 258 g/mol. The Morgan fingerprint density at radius 2 is 2.37 bits per heavy atom. The molecule has 2 unspecified atom stereocenters. The molecule has 1 aliphatic rings. The van der Waals surface area contributed by atoms with Gasteiger partial charge in [-0.2, -0.15) is 0 Å². The number of aromatic nitrogens is 2. The van der Waals surface area contributed by atoms with Crippen LogP contribution in [0, 0.1) is 5.92 Å². The number of aryl methyl sites for hydroxylation is 1. The molecule has 0 aliphatic heterocycles. The van der Waals surface area contributed by atoms with Crippen LogP contribution in [0.2, 0.25) is 0 Å². The topological polar surface area (TPSA) is 58.1 Å². The van der Waals surface area contributed by atoms with Crippen LogP contribution in [0.1, 0.15) is 29.3 Å². The van der Waals surface area contributed by atoms with Crippen LogP contribution < -0.4 is 4.74 Å². The average Bonchev–Trinajstić information content (AvgIpc) is 2.95. The molecule has 19 heavy (non-hydrogen) atoms. The second-order valence-corrected chi connectivity index (χ2v) is 5.07. The lowest BCUT2D eigenvalue weighted by Crippen LogP contribution is -2.22. The summed E-state index contributed by atoms with van der Waals surface area (Å²) in [4.78, 5) is 7.20. The molecule has 0 saturated carbocycles. The van der Waals surface area contributed by atoms with E-state index in [1.165, 1.54) is 5.56 Å². The Kier molecular flexibility index (Phi) is 3.25. The number of hydrogen-bond donors (Lipinski definition) is 2. The van der Waals surface area contributed by atoms with E-state index < -0.39 is 6.10 Å². The summed E-state index contributed by atoms with van der Waals surface area (Å²) in [7, 11) is 1.65. The second kappa shape index (κ2) is 5.05. The van der Waals surface area contributed by atoms with Gasteiger partial charge in [0.15, 0.2) is 0 Å². The Morgan fingerprint density at radius 3 is 3.11 bits per heavy atom. The molecule has 0 bridgehead atoms. The number of nitrogens with one attached hydrogen (secondary N) is 1. The van der Waals surface area contributed by atoms with Crippen LogP contribution in [-0.2, 0) is 12.8 Å². The molecule has 4 heteroatoms. The molecule has 0 spiro atoms. The van der Waals surface area contributed by atoms with Crippen LogP contribution >= 0.6 is 0 Å². The van der Waals surface area contributed by atoms with Crippen molar-refractivity contribution >= 4 is 0 Å². The van der Waals surface area contributed by atoms with Gasteiger partial charge >= 0.3 is 0 Å². The molecule has 0 fully saturated rings. The van der Waals surface area contributed by atoms with Crippen molar-refractivity contribution in [3.05, 3.63) is 47.5 Å². The summed E-state index contributed by atoms with van der Waals surface area (Å²) in [5.41, 5.74) is 3.24. The molecule has 0 saturated heterocycles. The number of aromatic amines is 1. The fourth-order valence-electron chi connectivity index (χ4n) is 2.84. The number of aliphatic hydroxyl groups excluding tert-OH is 1. The molecule has 4 nitrogen and oxygen atoms in total. The van der Waals surface area contributed by atoms with Crippen LogP contribution in [0.3, 0.4) is 0 Å². The largest absolute Gasteiger partial charge is 0.497 e. The molecular weight excluding hydrogens is 240 g/mol. The van der Waals surface area contributed by atoms with Crippen molar-refractivity contribution in [2.75, 3.05) is 7.11 Å². The van der Waals surface area contributed by atoms with Gasteiger partial charge in [-0.25, -0.2) is 4.98 Å². The summed E-state index contributed by atoms with van der Waals surface area (Å²) < 4.78 is 5.24. The molecular formula is C15H18N2O2. The normalized spacial score (nSPS) is 22.0. The zero-order chi connectivity index (χ0) is 13.2. The van der Waals surface area contributed by atoms with Crippen LogP contribution in [-0.4, -0.2) is 22.2 Å². The molecule has 2 N–H and O–H groups in total. The molecule has 0 radical (unpaired) electrons. The number of hydrogen-bond acceptors (Lipinski definition) is 3. The molecule has 1 aliphatic carbocycles. The molecule has 2 aromatic rings. The first-order valence-corrected chi connectivity index (χ1v) is 6.60. The highest BCUT2D eigenvalue weighted by atomic mass is 16.5. The number of rotatable bonds is 3. The van der Waals surface area contributed by atoms with Gasteiger partial charge in [-0.3, -0.25) is 0 Å². The van der Waals surface area contributed by atoms with E-state index >= 15 is 0 Å². The predicted octanol–water partition coefficient (Wildman–Crippen LogP) is 2.26. The minimum Gasteiger partial charge on any atom is -0.497 e. The smallest absolute Gasteiger partial charge is 0.119 e. The average molecular weight is 258 g/mol. The summed E-state index contributed by atoms with van der Waals surface area (Å²) in [5, 5.41) is 10.5. The van der Waals surface area contributed by atoms with Crippen molar-refractivity contribution in [1.82, 2.24) is 9.97 Å². The fraction of sp³-hybridized carbons (Fsp3) is 0.400. The van der Waals surface area contributed by atoms with E-state index in [0.717, 1.165) is 36.3 Å². The van der Waals surface area contributed by atoms with Gasteiger partial charge in [-0.1, -0.05) is 6.07 Å². The maximum absolute atomic E-state index is 10.5. The first kappa shape index (κ1) is 12.2. The van der Waals surface area contributed by atoms with E-state index in [-0.39, 0.29) is 5.92 Å². The van der Waals surface area contributed by atoms with E-state index in [2.05, 4.69) is 16.0 Å². The maximum atomic E-state index is 10.5. The number of fused-ring (bicyclic) bond motifs is 1. The van der Waals surface area contributed by atoms with E-state index in [1.807, 2.05) is 18.3 Å². The third kappa shape index (κ3) is 2.36. The van der Waals surface area contributed by atoms with E-state index in [4.69, 9.17) is 4.74 Å². The number of imidazole rings is 1. The number of methoxy groups -OCH3 is 1.